The predicted molar refractivity (Wildman–Crippen MR) is 101 cm³/mol. The third-order valence-electron chi connectivity index (χ3n) is 5.90. The number of hydrogen-bond acceptors (Lipinski definition) is 3. The molecule has 1 fully saturated rings. The smallest absolute Gasteiger partial charge is 0.364 e. The second kappa shape index (κ2) is 11.7. The molecular formula is C21H35F2O4. The number of carbonyl (C=O) groups is 1. The van der Waals surface area contributed by atoms with Crippen molar-refractivity contribution in [2.24, 2.45) is 11.3 Å². The summed E-state index contributed by atoms with van der Waals surface area (Å²) in [6.45, 7) is 2.15. The number of carboxylic acid groups (broad SMARTS) is 1. The fourth-order valence-corrected chi connectivity index (χ4v) is 4.15. The molecule has 27 heavy (non-hydrogen) atoms. The van der Waals surface area contributed by atoms with Crippen LogP contribution >= 0.6 is 0 Å². The van der Waals surface area contributed by atoms with E-state index in [1.165, 1.54) is 19.3 Å². The maximum atomic E-state index is 13.9. The fraction of sp³-hybridized carbons (Fsp3) is 0.810. The zero-order chi connectivity index (χ0) is 20.3. The predicted octanol–water partition coefficient (Wildman–Crippen LogP) is 5.44. The van der Waals surface area contributed by atoms with Gasteiger partial charge in [-0.2, -0.15) is 8.78 Å². The van der Waals surface area contributed by atoms with Crippen molar-refractivity contribution < 1.29 is 28.9 Å². The molecule has 0 unspecified atom stereocenters. The first-order valence-corrected chi connectivity index (χ1v) is 10.3. The Morgan fingerprint density at radius 3 is 2.44 bits per heavy atom. The Hall–Kier alpha value is -1.01. The summed E-state index contributed by atoms with van der Waals surface area (Å²) in [6, 6.07) is 0. The number of rotatable bonds is 14. The van der Waals surface area contributed by atoms with Gasteiger partial charge in [0.25, 0.3) is 5.79 Å². The van der Waals surface area contributed by atoms with E-state index in [1.807, 2.05) is 0 Å². The second-order valence-corrected chi connectivity index (χ2v) is 7.89. The van der Waals surface area contributed by atoms with Gasteiger partial charge in [0.05, 0.1) is 0 Å². The van der Waals surface area contributed by atoms with Crippen molar-refractivity contribution in [1.82, 2.24) is 0 Å². The van der Waals surface area contributed by atoms with E-state index in [0.29, 0.717) is 19.3 Å². The van der Waals surface area contributed by atoms with Gasteiger partial charge in [0, 0.05) is 11.8 Å². The van der Waals surface area contributed by atoms with Crippen LogP contribution in [0.2, 0.25) is 0 Å². The molecule has 0 amide bonds. The highest BCUT2D eigenvalue weighted by molar-refractivity contribution is 5.74. The van der Waals surface area contributed by atoms with Crippen LogP contribution in [-0.2, 0) is 4.79 Å². The minimum absolute atomic E-state index is 0.0955. The summed E-state index contributed by atoms with van der Waals surface area (Å²) in [6.07, 6.45) is 11.5. The van der Waals surface area contributed by atoms with Gasteiger partial charge in [-0.15, -0.1) is 0 Å². The van der Waals surface area contributed by atoms with Crippen molar-refractivity contribution in [2.75, 3.05) is 0 Å². The first-order chi connectivity index (χ1) is 12.8. The summed E-state index contributed by atoms with van der Waals surface area (Å²) in [5.41, 5.74) is -0.978. The van der Waals surface area contributed by atoms with E-state index in [2.05, 4.69) is 6.92 Å². The van der Waals surface area contributed by atoms with Crippen LogP contribution in [0.25, 0.3) is 0 Å². The van der Waals surface area contributed by atoms with Crippen molar-refractivity contribution in [3.8, 4) is 0 Å². The number of halogens is 2. The van der Waals surface area contributed by atoms with Gasteiger partial charge in [-0.1, -0.05) is 64.0 Å². The SMILES string of the molecule is CCCCCCCC[C@@]1([C](F)F)CCC[C@H]1CC=CCCC(O)(O)C(=O)O. The zero-order valence-corrected chi connectivity index (χ0v) is 16.4. The lowest BCUT2D eigenvalue weighted by molar-refractivity contribution is -0.205. The fourth-order valence-electron chi connectivity index (χ4n) is 4.15. The Labute approximate surface area is 161 Å². The van der Waals surface area contributed by atoms with E-state index in [-0.39, 0.29) is 18.8 Å². The molecule has 0 aromatic carbocycles. The second-order valence-electron chi connectivity index (χ2n) is 7.89. The lowest BCUT2D eigenvalue weighted by Crippen LogP contribution is -2.37. The van der Waals surface area contributed by atoms with Crippen LogP contribution in [0.5, 0.6) is 0 Å². The number of allylic oxidation sites excluding steroid dienone is 2. The summed E-state index contributed by atoms with van der Waals surface area (Å²) >= 11 is 0. The van der Waals surface area contributed by atoms with Crippen molar-refractivity contribution in [3.63, 3.8) is 0 Å². The average molecular weight is 390 g/mol. The largest absolute Gasteiger partial charge is 0.477 e. The van der Waals surface area contributed by atoms with Gasteiger partial charge in [0.2, 0.25) is 0 Å². The average Bonchev–Trinajstić information content (AvgIpc) is 3.01. The molecule has 1 saturated carbocycles. The third kappa shape index (κ3) is 7.49. The molecule has 2 atom stereocenters. The van der Waals surface area contributed by atoms with Crippen LogP contribution in [-0.4, -0.2) is 27.1 Å². The Balaban J connectivity index is 2.49. The maximum Gasteiger partial charge on any atom is 0.364 e. The molecule has 6 heteroatoms. The maximum absolute atomic E-state index is 13.9. The summed E-state index contributed by atoms with van der Waals surface area (Å²) in [7, 11) is 0. The van der Waals surface area contributed by atoms with Crippen molar-refractivity contribution >= 4 is 5.97 Å². The molecule has 0 heterocycles. The van der Waals surface area contributed by atoms with Crippen LogP contribution in [0.3, 0.4) is 0 Å². The molecular weight excluding hydrogens is 354 g/mol. The summed E-state index contributed by atoms with van der Waals surface area (Å²) in [5.74, 6) is -4.52. The van der Waals surface area contributed by atoms with Crippen LogP contribution < -0.4 is 0 Å². The Kier molecular flexibility index (Phi) is 10.5. The van der Waals surface area contributed by atoms with E-state index in [4.69, 9.17) is 5.11 Å². The highest BCUT2D eigenvalue weighted by atomic mass is 19.3. The first-order valence-electron chi connectivity index (χ1n) is 10.3. The quantitative estimate of drug-likeness (QED) is 0.210. The molecule has 0 aromatic rings. The van der Waals surface area contributed by atoms with Gasteiger partial charge < -0.3 is 15.3 Å². The Morgan fingerprint density at radius 1 is 1.15 bits per heavy atom. The van der Waals surface area contributed by atoms with Crippen molar-refractivity contribution in [2.45, 2.75) is 96.2 Å². The summed E-state index contributed by atoms with van der Waals surface area (Å²) < 4.78 is 27.7. The Bertz CT molecular complexity index is 465. The molecule has 1 aliphatic rings. The van der Waals surface area contributed by atoms with Gasteiger partial charge in [-0.25, -0.2) is 4.79 Å². The van der Waals surface area contributed by atoms with E-state index < -0.39 is 23.6 Å². The number of aliphatic carboxylic acids is 1. The molecule has 1 aliphatic carbocycles. The molecule has 0 bridgehead atoms. The van der Waals surface area contributed by atoms with E-state index in [9.17, 15) is 23.8 Å². The molecule has 4 nitrogen and oxygen atoms in total. The molecule has 0 aliphatic heterocycles. The van der Waals surface area contributed by atoms with Gasteiger partial charge in [0.15, 0.2) is 0 Å². The minimum Gasteiger partial charge on any atom is -0.477 e. The number of unbranched alkanes of at least 4 members (excludes halogenated alkanes) is 5. The van der Waals surface area contributed by atoms with E-state index >= 15 is 0 Å². The normalized spacial score (nSPS) is 23.6. The molecule has 0 saturated heterocycles. The molecule has 157 valence electrons. The van der Waals surface area contributed by atoms with Crippen molar-refractivity contribution in [1.29, 1.82) is 0 Å². The van der Waals surface area contributed by atoms with Crippen LogP contribution in [0.1, 0.15) is 90.4 Å². The van der Waals surface area contributed by atoms with E-state index in [0.717, 1.165) is 32.1 Å². The molecule has 3 N–H and O–H groups in total. The van der Waals surface area contributed by atoms with Gasteiger partial charge >= 0.3 is 12.4 Å². The van der Waals surface area contributed by atoms with Gasteiger partial charge in [-0.05, 0) is 38.0 Å². The molecule has 0 spiro atoms. The number of hydrogen-bond donors (Lipinski definition) is 3. The number of aliphatic hydroxyl groups is 2. The van der Waals surface area contributed by atoms with Crippen molar-refractivity contribution in [3.05, 3.63) is 18.6 Å². The molecule has 1 radical (unpaired) electrons. The third-order valence-corrected chi connectivity index (χ3v) is 5.90. The van der Waals surface area contributed by atoms with Crippen LogP contribution in [0.15, 0.2) is 12.2 Å². The molecule has 1 rings (SSSR count). The highest BCUT2D eigenvalue weighted by Gasteiger charge is 2.49. The van der Waals surface area contributed by atoms with Gasteiger partial charge in [0.1, 0.15) is 0 Å². The topological polar surface area (TPSA) is 77.8 Å². The lowest BCUT2D eigenvalue weighted by atomic mass is 9.72. The first kappa shape index (κ1) is 24.0. The van der Waals surface area contributed by atoms with E-state index in [1.54, 1.807) is 12.2 Å². The summed E-state index contributed by atoms with van der Waals surface area (Å²) in [4.78, 5) is 10.6. The van der Waals surface area contributed by atoms with Crippen LogP contribution in [0.4, 0.5) is 8.78 Å². The number of carboxylic acids is 1. The summed E-state index contributed by atoms with van der Waals surface area (Å²) in [5, 5.41) is 27.1. The molecule has 0 aromatic heterocycles. The minimum atomic E-state index is -2.74. The van der Waals surface area contributed by atoms with Crippen LogP contribution in [0, 0.1) is 17.8 Å². The zero-order valence-electron chi connectivity index (χ0n) is 16.4. The lowest BCUT2D eigenvalue weighted by Gasteiger charge is -2.33. The standard InChI is InChI=1S/C21H35F2O4/c1-2-3-4-5-6-9-14-20(18(22)23)15-11-13-17(20)12-8-7-10-16-21(26,27)19(24)25/h7-8,17,26-27H,2-6,9-16H2,1H3,(H,24,25)/t17-,20-/m1/s1. The monoisotopic (exact) mass is 389 g/mol. The highest BCUT2D eigenvalue weighted by Crippen LogP contribution is 2.55. The Morgan fingerprint density at radius 2 is 1.81 bits per heavy atom. The van der Waals surface area contributed by atoms with Gasteiger partial charge in [-0.3, -0.25) is 0 Å².